The van der Waals surface area contributed by atoms with Gasteiger partial charge in [-0.2, -0.15) is 0 Å². The van der Waals surface area contributed by atoms with Gasteiger partial charge in [-0.05, 0) is 13.5 Å². The van der Waals surface area contributed by atoms with Gasteiger partial charge >= 0.3 is 0 Å². The van der Waals surface area contributed by atoms with Crippen LogP contribution in [0.5, 0.6) is 0 Å². The second-order valence-electron chi connectivity index (χ2n) is 22.8. The van der Waals surface area contributed by atoms with Crippen molar-refractivity contribution in [1.29, 1.82) is 0 Å². The molecule has 90 heavy (non-hydrogen) atoms. The summed E-state index contributed by atoms with van der Waals surface area (Å²) in [7, 11) is 1.33. The first-order valence-electron chi connectivity index (χ1n) is 29.1. The molecule has 37 atom stereocenters. The number of carbonyl (C=O) groups excluding carboxylic acids is 2. The maximum atomic E-state index is 13.1. The molecule has 0 radical (unpaired) electrons. The van der Waals surface area contributed by atoms with E-state index in [9.17, 15) is 112 Å². The highest BCUT2D eigenvalue weighted by Gasteiger charge is 2.60. The molecule has 21 rings (SSSR count). The molecule has 21 fully saturated rings. The van der Waals surface area contributed by atoms with Gasteiger partial charge in [0.25, 0.3) is 0 Å². The van der Waals surface area contributed by atoms with Crippen LogP contribution >= 0.6 is 0 Å². The fourth-order valence-electron chi connectivity index (χ4n) is 11.6. The molecule has 40 nitrogen and oxygen atoms in total. The summed E-state index contributed by atoms with van der Waals surface area (Å²) >= 11 is 0. The standard InChI is InChI=1S/C50H86N4O36/c1-3-12(51)42(75)53-4-14-35-21(61)28(68)44(77-14)86-37-16(7-56)81-48(32(72)25(37)65)88-40-19(10-59)80-47(31(71)24(40)64)85-36-15(5-54-43(76)13(6-55)52-2)78-45(29(69)22(36)62)87-38-17(8-57)82-49(33(73)26(38)66)90-41-20(11-60)83-50(34(74)27(41)67)89-39-18(9-58)79-46(84-35)30(70)23(39)63/h12-41,44-50,52,55-74H,3-11,51H2,1-2H3,(H,53,75)(H,54,76). The number of aliphatic hydroxyl groups excluding tert-OH is 20. The van der Waals surface area contributed by atoms with Crippen molar-refractivity contribution < 1.29 is 178 Å². The molecule has 37 unspecified atom stereocenters. The lowest BCUT2D eigenvalue weighted by Crippen LogP contribution is -2.68. The molecule has 0 saturated carbocycles. The van der Waals surface area contributed by atoms with E-state index in [0.717, 1.165) is 0 Å². The van der Waals surface area contributed by atoms with Gasteiger partial charge in [0.15, 0.2) is 44.0 Å². The average Bonchev–Trinajstić information content (AvgIpc) is 0.874. The number of likely N-dealkylation sites (N-methyl/N-ethyl adjacent to an activating group) is 1. The molecule has 14 bridgehead atoms. The van der Waals surface area contributed by atoms with Crippen LogP contribution in [0, 0.1) is 0 Å². The Hall–Kier alpha value is -2.50. The lowest BCUT2D eigenvalue weighted by atomic mass is 9.95. The van der Waals surface area contributed by atoms with Crippen molar-refractivity contribution in [1.82, 2.24) is 16.0 Å². The van der Waals surface area contributed by atoms with Crippen LogP contribution in [0.1, 0.15) is 13.3 Å². The van der Waals surface area contributed by atoms with Crippen LogP contribution in [0.2, 0.25) is 0 Å². The summed E-state index contributed by atoms with van der Waals surface area (Å²) in [6.07, 6.45) is -72.2. The Morgan fingerprint density at radius 3 is 0.722 bits per heavy atom. The van der Waals surface area contributed by atoms with Crippen LogP contribution in [0.3, 0.4) is 0 Å². The quantitative estimate of drug-likeness (QED) is 0.0768. The monoisotopic (exact) mass is 1320 g/mol. The lowest BCUT2D eigenvalue weighted by molar-refractivity contribution is -0.395. The molecular weight excluding hydrogens is 1230 g/mol. The van der Waals surface area contributed by atoms with E-state index in [2.05, 4.69) is 16.0 Å². The molecule has 0 spiro atoms. The van der Waals surface area contributed by atoms with Gasteiger partial charge in [0.2, 0.25) is 11.8 Å². The minimum absolute atomic E-state index is 0.126. The van der Waals surface area contributed by atoms with Crippen molar-refractivity contribution >= 4 is 11.8 Å². The van der Waals surface area contributed by atoms with Crippen molar-refractivity contribution in [2.24, 2.45) is 5.73 Å². The first-order valence-corrected chi connectivity index (χ1v) is 29.1. The molecule has 0 aliphatic carbocycles. The van der Waals surface area contributed by atoms with E-state index in [1.54, 1.807) is 6.92 Å². The zero-order valence-corrected chi connectivity index (χ0v) is 48.3. The van der Waals surface area contributed by atoms with Crippen molar-refractivity contribution in [3.63, 3.8) is 0 Å². The fourth-order valence-corrected chi connectivity index (χ4v) is 11.6. The predicted molar refractivity (Wildman–Crippen MR) is 278 cm³/mol. The molecule has 21 aliphatic rings. The number of carbonyl (C=O) groups is 2. The smallest absolute Gasteiger partial charge is 0.239 e. The molecule has 21 saturated heterocycles. The summed E-state index contributed by atoms with van der Waals surface area (Å²) in [6, 6.07) is -2.34. The van der Waals surface area contributed by atoms with Crippen molar-refractivity contribution in [2.75, 3.05) is 59.8 Å². The Morgan fingerprint density at radius 2 is 0.533 bits per heavy atom. The molecule has 40 heteroatoms. The molecule has 2 amide bonds. The van der Waals surface area contributed by atoms with Crippen LogP contribution in [0.15, 0.2) is 0 Å². The SMILES string of the molecule is CCC(N)C(=O)NCC1OC2OC3C(CO)OC(OC4C(CO)OC(OC5C(CNC(=O)C(CO)NC)OC(OC6C(CO)OC(OC7C(CO)OC(OC8C(CO)OC(OC1C(O)C2O)C(O)C8O)C(O)C7O)C(O)C6O)C(O)C5O)C(O)C4O)C(O)C3O. The number of amides is 2. The molecule has 0 aromatic carbocycles. The molecule has 0 aromatic heterocycles. The first kappa shape index (κ1) is 73.3. The Kier molecular flexibility index (Phi) is 26.1. The van der Waals surface area contributed by atoms with E-state index in [1.165, 1.54) is 7.05 Å². The minimum atomic E-state index is -2.29. The van der Waals surface area contributed by atoms with Gasteiger partial charge in [0, 0.05) is 13.1 Å². The van der Waals surface area contributed by atoms with Crippen LogP contribution in [-0.4, -0.2) is 401 Å². The summed E-state index contributed by atoms with van der Waals surface area (Å²) in [4.78, 5) is 26.1. The zero-order valence-electron chi connectivity index (χ0n) is 48.3. The fraction of sp³-hybridized carbons (Fsp3) is 0.960. The van der Waals surface area contributed by atoms with Crippen molar-refractivity contribution in [2.45, 2.75) is 240 Å². The lowest BCUT2D eigenvalue weighted by Gasteiger charge is -2.50. The maximum Gasteiger partial charge on any atom is 0.239 e. The van der Waals surface area contributed by atoms with Crippen LogP contribution in [0.4, 0.5) is 0 Å². The Morgan fingerprint density at radius 1 is 0.333 bits per heavy atom. The molecule has 522 valence electrons. The minimum Gasteiger partial charge on any atom is -0.394 e. The predicted octanol–water partition coefficient (Wildman–Crippen LogP) is -16.7. The van der Waals surface area contributed by atoms with Gasteiger partial charge in [-0.3, -0.25) is 9.59 Å². The topological polar surface area (TPSA) is 630 Å². The summed E-state index contributed by atoms with van der Waals surface area (Å²) in [5, 5.41) is 232. The van der Waals surface area contributed by atoms with Gasteiger partial charge in [0.05, 0.1) is 45.7 Å². The third-order valence-corrected chi connectivity index (χ3v) is 17.0. The van der Waals surface area contributed by atoms with Gasteiger partial charge < -0.3 is 190 Å². The third-order valence-electron chi connectivity index (χ3n) is 17.0. The Bertz CT molecular complexity index is 2240. The molecule has 0 aromatic rings. The molecule has 21 heterocycles. The Balaban J connectivity index is 1.12. The van der Waals surface area contributed by atoms with E-state index in [-0.39, 0.29) is 6.42 Å². The van der Waals surface area contributed by atoms with Crippen LogP contribution in [0.25, 0.3) is 0 Å². The molecule has 25 N–H and O–H groups in total. The van der Waals surface area contributed by atoms with E-state index in [1.807, 2.05) is 0 Å². The van der Waals surface area contributed by atoms with E-state index in [4.69, 9.17) is 72.0 Å². The number of hydrogen-bond acceptors (Lipinski definition) is 38. The molecular formula is C50H86N4O36. The number of ether oxygens (including phenoxy) is 14. The molecule has 21 aliphatic heterocycles. The summed E-state index contributed by atoms with van der Waals surface area (Å²) < 4.78 is 81.7. The van der Waals surface area contributed by atoms with E-state index >= 15 is 0 Å². The third kappa shape index (κ3) is 15.3. The van der Waals surface area contributed by atoms with E-state index in [0.29, 0.717) is 0 Å². The van der Waals surface area contributed by atoms with Gasteiger partial charge in [-0.25, -0.2) is 0 Å². The number of aliphatic hydroxyl groups is 20. The van der Waals surface area contributed by atoms with Gasteiger partial charge in [-0.15, -0.1) is 0 Å². The average molecular weight is 1320 g/mol. The highest BCUT2D eigenvalue weighted by Crippen LogP contribution is 2.39. The highest BCUT2D eigenvalue weighted by atomic mass is 16.8. The maximum absolute atomic E-state index is 13.1. The van der Waals surface area contributed by atoms with Gasteiger partial charge in [-0.1, -0.05) is 6.92 Å². The largest absolute Gasteiger partial charge is 0.394 e. The van der Waals surface area contributed by atoms with Crippen LogP contribution in [-0.2, 0) is 75.9 Å². The van der Waals surface area contributed by atoms with Crippen molar-refractivity contribution in [3.8, 4) is 0 Å². The summed E-state index contributed by atoms with van der Waals surface area (Å²) in [6.45, 7) is -5.97. The summed E-state index contributed by atoms with van der Waals surface area (Å²) in [5.74, 6) is -1.64. The zero-order chi connectivity index (χ0) is 65.9. The first-order chi connectivity index (χ1) is 42.8. The second kappa shape index (κ2) is 32.0. The van der Waals surface area contributed by atoms with E-state index < -0.39 is 292 Å². The second-order valence-corrected chi connectivity index (χ2v) is 22.8. The number of rotatable bonds is 14. The normalized spacial score (nSPS) is 49.7. The Labute approximate surface area is 510 Å². The van der Waals surface area contributed by atoms with Crippen LogP contribution < -0.4 is 21.7 Å². The number of nitrogens with one attached hydrogen (secondary N) is 3. The van der Waals surface area contributed by atoms with Crippen molar-refractivity contribution in [3.05, 3.63) is 0 Å². The van der Waals surface area contributed by atoms with Gasteiger partial charge in [0.1, 0.15) is 177 Å². The highest BCUT2D eigenvalue weighted by molar-refractivity contribution is 5.82. The summed E-state index contributed by atoms with van der Waals surface area (Å²) in [5.41, 5.74) is 5.91. The number of nitrogens with two attached hydrogens (primary N) is 1. The number of hydrogen-bond donors (Lipinski definition) is 24.